The van der Waals surface area contributed by atoms with Crippen LogP contribution in [0.1, 0.15) is 48.0 Å². The summed E-state index contributed by atoms with van der Waals surface area (Å²) in [5.41, 5.74) is 7.93. The minimum absolute atomic E-state index is 0.0131. The molecule has 1 aliphatic carbocycles. The van der Waals surface area contributed by atoms with Crippen LogP contribution in [0.4, 0.5) is 0 Å². The van der Waals surface area contributed by atoms with Gasteiger partial charge < -0.3 is 11.1 Å². The van der Waals surface area contributed by atoms with Gasteiger partial charge in [0.2, 0.25) is 0 Å². The van der Waals surface area contributed by atoms with Gasteiger partial charge in [0.25, 0.3) is 5.91 Å². The highest BCUT2D eigenvalue weighted by Crippen LogP contribution is 2.25. The van der Waals surface area contributed by atoms with Crippen molar-refractivity contribution in [2.24, 2.45) is 5.73 Å². The van der Waals surface area contributed by atoms with Gasteiger partial charge in [-0.05, 0) is 30.7 Å². The molecule has 94 valence electrons. The van der Waals surface area contributed by atoms with Crippen molar-refractivity contribution in [3.8, 4) is 0 Å². The number of thiophene rings is 1. The predicted molar refractivity (Wildman–Crippen MR) is 71.4 cm³/mol. The fraction of sp³-hybridized carbons (Fsp3) is 0.615. The highest BCUT2D eigenvalue weighted by Gasteiger charge is 2.27. The molecule has 1 amide bonds. The Bertz CT molecular complexity index is 394. The summed E-state index contributed by atoms with van der Waals surface area (Å²) in [4.78, 5) is 12.0. The van der Waals surface area contributed by atoms with Crippen molar-refractivity contribution in [3.05, 3.63) is 21.9 Å². The SMILES string of the molecule is Cc1cscc1C(=O)NCC1(N)CCCCC1. The van der Waals surface area contributed by atoms with Crippen LogP contribution in [0.2, 0.25) is 0 Å². The Morgan fingerprint density at radius 2 is 2.12 bits per heavy atom. The van der Waals surface area contributed by atoms with Crippen LogP contribution < -0.4 is 11.1 Å². The third-order valence-corrected chi connectivity index (χ3v) is 4.41. The summed E-state index contributed by atoms with van der Waals surface area (Å²) in [7, 11) is 0. The van der Waals surface area contributed by atoms with Gasteiger partial charge in [0.05, 0.1) is 5.56 Å². The van der Waals surface area contributed by atoms with Gasteiger partial charge in [0.15, 0.2) is 0 Å². The lowest BCUT2D eigenvalue weighted by Gasteiger charge is -2.33. The van der Waals surface area contributed by atoms with E-state index in [1.165, 1.54) is 19.3 Å². The number of amides is 1. The molecule has 17 heavy (non-hydrogen) atoms. The first-order valence-electron chi connectivity index (χ1n) is 6.21. The molecule has 1 saturated carbocycles. The zero-order valence-electron chi connectivity index (χ0n) is 10.3. The van der Waals surface area contributed by atoms with Crippen molar-refractivity contribution in [3.63, 3.8) is 0 Å². The zero-order chi connectivity index (χ0) is 12.3. The van der Waals surface area contributed by atoms with Crippen LogP contribution in [0.15, 0.2) is 10.8 Å². The number of hydrogen-bond acceptors (Lipinski definition) is 3. The first kappa shape index (κ1) is 12.6. The van der Waals surface area contributed by atoms with Gasteiger partial charge in [-0.2, -0.15) is 11.3 Å². The minimum atomic E-state index is -0.183. The summed E-state index contributed by atoms with van der Waals surface area (Å²) in [5.74, 6) is 0.0131. The predicted octanol–water partition coefficient (Wildman–Crippen LogP) is 2.45. The molecule has 1 aliphatic rings. The van der Waals surface area contributed by atoms with Gasteiger partial charge in [0, 0.05) is 17.5 Å². The van der Waals surface area contributed by atoms with Crippen molar-refractivity contribution < 1.29 is 4.79 Å². The molecule has 0 aliphatic heterocycles. The van der Waals surface area contributed by atoms with Gasteiger partial charge in [-0.15, -0.1) is 0 Å². The second-order valence-corrected chi connectivity index (χ2v) is 5.82. The molecule has 3 nitrogen and oxygen atoms in total. The van der Waals surface area contributed by atoms with E-state index in [1.807, 2.05) is 17.7 Å². The molecule has 2 rings (SSSR count). The summed E-state index contributed by atoms with van der Waals surface area (Å²) in [5, 5.41) is 6.87. The lowest BCUT2D eigenvalue weighted by molar-refractivity contribution is 0.0937. The molecular weight excluding hydrogens is 232 g/mol. The van der Waals surface area contributed by atoms with Crippen LogP contribution >= 0.6 is 11.3 Å². The average Bonchev–Trinajstić information content (AvgIpc) is 2.74. The Morgan fingerprint density at radius 3 is 2.71 bits per heavy atom. The smallest absolute Gasteiger partial charge is 0.252 e. The van der Waals surface area contributed by atoms with E-state index in [9.17, 15) is 4.79 Å². The monoisotopic (exact) mass is 252 g/mol. The maximum atomic E-state index is 12.0. The average molecular weight is 252 g/mol. The molecule has 0 spiro atoms. The number of carbonyl (C=O) groups excluding carboxylic acids is 1. The standard InChI is InChI=1S/C13H20N2OS/c1-10-7-17-8-11(10)12(16)15-9-13(14)5-3-2-4-6-13/h7-8H,2-6,9,14H2,1H3,(H,15,16). The molecule has 1 aromatic heterocycles. The number of hydrogen-bond donors (Lipinski definition) is 2. The van der Waals surface area contributed by atoms with Gasteiger partial charge in [-0.25, -0.2) is 0 Å². The third-order valence-electron chi connectivity index (χ3n) is 3.55. The van der Waals surface area contributed by atoms with Crippen LogP contribution in [0.3, 0.4) is 0 Å². The van der Waals surface area contributed by atoms with E-state index >= 15 is 0 Å². The summed E-state index contributed by atoms with van der Waals surface area (Å²) in [6.07, 6.45) is 5.69. The lowest BCUT2D eigenvalue weighted by Crippen LogP contribution is -2.51. The van der Waals surface area contributed by atoms with Crippen LogP contribution in [0.25, 0.3) is 0 Å². The van der Waals surface area contributed by atoms with Crippen molar-refractivity contribution in [2.45, 2.75) is 44.6 Å². The van der Waals surface area contributed by atoms with E-state index in [-0.39, 0.29) is 11.4 Å². The van der Waals surface area contributed by atoms with E-state index < -0.39 is 0 Å². The van der Waals surface area contributed by atoms with Crippen molar-refractivity contribution in [1.82, 2.24) is 5.32 Å². The molecular formula is C13H20N2OS. The molecule has 1 aromatic rings. The van der Waals surface area contributed by atoms with Gasteiger partial charge >= 0.3 is 0 Å². The Hall–Kier alpha value is -0.870. The number of carbonyl (C=O) groups is 1. The Morgan fingerprint density at radius 1 is 1.41 bits per heavy atom. The molecule has 0 atom stereocenters. The second kappa shape index (κ2) is 5.19. The highest BCUT2D eigenvalue weighted by atomic mass is 32.1. The molecule has 0 unspecified atom stereocenters. The largest absolute Gasteiger partial charge is 0.350 e. The summed E-state index contributed by atoms with van der Waals surface area (Å²) >= 11 is 1.56. The number of aryl methyl sites for hydroxylation is 1. The van der Waals surface area contributed by atoms with Crippen molar-refractivity contribution in [1.29, 1.82) is 0 Å². The lowest BCUT2D eigenvalue weighted by atomic mass is 9.82. The zero-order valence-corrected chi connectivity index (χ0v) is 11.1. The quantitative estimate of drug-likeness (QED) is 0.868. The molecule has 0 bridgehead atoms. The summed E-state index contributed by atoms with van der Waals surface area (Å²) < 4.78 is 0. The van der Waals surface area contributed by atoms with Crippen LogP contribution in [-0.2, 0) is 0 Å². The highest BCUT2D eigenvalue weighted by molar-refractivity contribution is 7.08. The fourth-order valence-corrected chi connectivity index (χ4v) is 3.21. The fourth-order valence-electron chi connectivity index (χ4n) is 2.38. The number of nitrogens with one attached hydrogen (secondary N) is 1. The minimum Gasteiger partial charge on any atom is -0.350 e. The molecule has 0 aromatic carbocycles. The van der Waals surface area contributed by atoms with Crippen LogP contribution in [-0.4, -0.2) is 18.0 Å². The molecule has 1 heterocycles. The van der Waals surface area contributed by atoms with Crippen molar-refractivity contribution in [2.75, 3.05) is 6.54 Å². The molecule has 0 radical (unpaired) electrons. The topological polar surface area (TPSA) is 55.1 Å². The number of nitrogens with two attached hydrogens (primary N) is 1. The Labute approximate surface area is 106 Å². The second-order valence-electron chi connectivity index (χ2n) is 5.07. The third kappa shape index (κ3) is 3.07. The van der Waals surface area contributed by atoms with Gasteiger partial charge in [-0.1, -0.05) is 19.3 Å². The molecule has 4 heteroatoms. The first-order chi connectivity index (χ1) is 8.11. The molecule has 0 saturated heterocycles. The van der Waals surface area contributed by atoms with Gasteiger partial charge in [0.1, 0.15) is 0 Å². The van der Waals surface area contributed by atoms with E-state index in [0.29, 0.717) is 6.54 Å². The van der Waals surface area contributed by atoms with Crippen LogP contribution in [0, 0.1) is 6.92 Å². The Kier molecular flexibility index (Phi) is 3.84. The molecule has 3 N–H and O–H groups in total. The van der Waals surface area contributed by atoms with Crippen LogP contribution in [0.5, 0.6) is 0 Å². The normalized spacial score (nSPS) is 18.9. The van der Waals surface area contributed by atoms with E-state index in [1.54, 1.807) is 11.3 Å². The first-order valence-corrected chi connectivity index (χ1v) is 7.15. The Balaban J connectivity index is 1.90. The van der Waals surface area contributed by atoms with E-state index in [2.05, 4.69) is 5.32 Å². The van der Waals surface area contributed by atoms with E-state index in [0.717, 1.165) is 24.0 Å². The number of rotatable bonds is 3. The molecule has 1 fully saturated rings. The summed E-state index contributed by atoms with van der Waals surface area (Å²) in [6.45, 7) is 2.56. The maximum Gasteiger partial charge on any atom is 0.252 e. The summed E-state index contributed by atoms with van der Waals surface area (Å²) in [6, 6.07) is 0. The van der Waals surface area contributed by atoms with E-state index in [4.69, 9.17) is 5.73 Å². The van der Waals surface area contributed by atoms with Crippen molar-refractivity contribution >= 4 is 17.2 Å². The maximum absolute atomic E-state index is 12.0. The van der Waals surface area contributed by atoms with Gasteiger partial charge in [-0.3, -0.25) is 4.79 Å².